The zero-order chi connectivity index (χ0) is 33.4. The Morgan fingerprint density at radius 2 is 1.57 bits per heavy atom. The van der Waals surface area contributed by atoms with Gasteiger partial charge in [-0.3, -0.25) is 13.9 Å². The van der Waals surface area contributed by atoms with Crippen LogP contribution in [0.4, 0.5) is 5.69 Å². The summed E-state index contributed by atoms with van der Waals surface area (Å²) in [7, 11) is -4.20. The molecule has 0 saturated carbocycles. The monoisotopic (exact) mass is 743 g/mol. The van der Waals surface area contributed by atoms with Crippen LogP contribution in [0.25, 0.3) is 0 Å². The highest BCUT2D eigenvalue weighted by Crippen LogP contribution is 2.28. The quantitative estimate of drug-likeness (QED) is 0.151. The largest absolute Gasteiger partial charge is 0.352 e. The van der Waals surface area contributed by atoms with Crippen molar-refractivity contribution in [2.45, 2.75) is 57.1 Å². The molecule has 0 bridgehead atoms. The second-order valence-electron chi connectivity index (χ2n) is 11.1. The summed E-state index contributed by atoms with van der Waals surface area (Å²) in [6, 6.07) is 26.3. The van der Waals surface area contributed by atoms with Gasteiger partial charge in [-0.2, -0.15) is 0 Å². The number of carbonyl (C=O) groups excluding carboxylic acids is 2. The molecule has 46 heavy (non-hydrogen) atoms. The van der Waals surface area contributed by atoms with Crippen LogP contribution >= 0.6 is 39.1 Å². The predicted molar refractivity (Wildman–Crippen MR) is 189 cm³/mol. The van der Waals surface area contributed by atoms with Crippen LogP contribution in [0.15, 0.2) is 106 Å². The summed E-state index contributed by atoms with van der Waals surface area (Å²) in [6.07, 6.45) is 0.885. The van der Waals surface area contributed by atoms with Gasteiger partial charge in [0.2, 0.25) is 11.8 Å². The average molecular weight is 746 g/mol. The Balaban J connectivity index is 1.82. The SMILES string of the molecule is CC[C@@H](C)NC(=O)[C@H](Cc1ccccc1)N(Cc1ccc(Cl)cc1Cl)C(=O)CN(c1ccc(Br)cc1)S(=O)(=O)c1ccc(C)cc1. The average Bonchev–Trinajstić information content (AvgIpc) is 3.03. The minimum absolute atomic E-state index is 0.0384. The molecule has 11 heteroatoms. The lowest BCUT2D eigenvalue weighted by Gasteiger charge is -2.34. The number of nitrogens with one attached hydrogen (secondary N) is 1. The lowest BCUT2D eigenvalue weighted by Crippen LogP contribution is -2.54. The normalized spacial score (nSPS) is 12.7. The van der Waals surface area contributed by atoms with Gasteiger partial charge in [0, 0.05) is 33.5 Å². The molecule has 7 nitrogen and oxygen atoms in total. The highest BCUT2D eigenvalue weighted by molar-refractivity contribution is 9.10. The molecule has 2 atom stereocenters. The Morgan fingerprint density at radius 3 is 2.17 bits per heavy atom. The predicted octanol–water partition coefficient (Wildman–Crippen LogP) is 7.81. The highest BCUT2D eigenvalue weighted by Gasteiger charge is 2.35. The Kier molecular flexibility index (Phi) is 12.3. The summed E-state index contributed by atoms with van der Waals surface area (Å²) in [4.78, 5) is 30.0. The zero-order valence-electron chi connectivity index (χ0n) is 25.8. The standard InChI is InChI=1S/C35H36BrCl2N3O4S/c1-4-25(3)39-35(43)33(20-26-8-6-5-7-9-26)40(22-27-12-15-29(37)21-32(27)38)34(42)23-41(30-16-13-28(36)14-17-30)46(44,45)31-18-10-24(2)11-19-31/h5-19,21,25,33H,4,20,22-23H2,1-3H3,(H,39,43)/t25-,33+/m1/s1. The molecule has 0 aliphatic carbocycles. The minimum Gasteiger partial charge on any atom is -0.352 e. The van der Waals surface area contributed by atoms with Gasteiger partial charge in [-0.1, -0.05) is 100 Å². The second kappa shape index (κ2) is 16.0. The number of benzene rings is 4. The molecule has 0 radical (unpaired) electrons. The third kappa shape index (κ3) is 9.12. The summed E-state index contributed by atoms with van der Waals surface area (Å²) in [5.74, 6) is -0.932. The van der Waals surface area contributed by atoms with Crippen molar-refractivity contribution in [2.75, 3.05) is 10.8 Å². The number of anilines is 1. The lowest BCUT2D eigenvalue weighted by atomic mass is 10.0. The number of carbonyl (C=O) groups is 2. The van der Waals surface area contributed by atoms with Gasteiger partial charge < -0.3 is 10.2 Å². The summed E-state index contributed by atoms with van der Waals surface area (Å²) < 4.78 is 30.1. The fourth-order valence-corrected chi connectivity index (χ4v) is 6.95. The molecule has 4 aromatic rings. The van der Waals surface area contributed by atoms with E-state index in [2.05, 4.69) is 21.2 Å². The number of halogens is 3. The van der Waals surface area contributed by atoms with Gasteiger partial charge in [0.1, 0.15) is 12.6 Å². The number of rotatable bonds is 13. The molecule has 0 aliphatic heterocycles. The first-order valence-electron chi connectivity index (χ1n) is 14.8. The molecule has 0 aromatic heterocycles. The maximum Gasteiger partial charge on any atom is 0.264 e. The van der Waals surface area contributed by atoms with Crippen molar-refractivity contribution < 1.29 is 18.0 Å². The van der Waals surface area contributed by atoms with Gasteiger partial charge in [-0.05, 0) is 79.9 Å². The van der Waals surface area contributed by atoms with Crippen LogP contribution in [0.1, 0.15) is 37.0 Å². The van der Waals surface area contributed by atoms with Gasteiger partial charge >= 0.3 is 0 Å². The number of sulfonamides is 1. The third-order valence-electron chi connectivity index (χ3n) is 7.63. The summed E-state index contributed by atoms with van der Waals surface area (Å²) in [5.41, 5.74) is 2.59. The van der Waals surface area contributed by atoms with Crippen molar-refractivity contribution in [3.8, 4) is 0 Å². The molecule has 0 heterocycles. The fraction of sp³-hybridized carbons (Fsp3) is 0.257. The molecule has 0 fully saturated rings. The maximum atomic E-state index is 14.6. The zero-order valence-corrected chi connectivity index (χ0v) is 29.7. The third-order valence-corrected chi connectivity index (χ3v) is 10.5. The van der Waals surface area contributed by atoms with E-state index in [0.717, 1.165) is 19.9 Å². The molecular weight excluding hydrogens is 709 g/mol. The summed E-state index contributed by atoms with van der Waals surface area (Å²) in [6.45, 7) is 5.09. The first-order chi connectivity index (χ1) is 21.9. The molecule has 0 saturated heterocycles. The van der Waals surface area contributed by atoms with E-state index in [0.29, 0.717) is 27.7 Å². The molecular formula is C35H36BrCl2N3O4S. The number of hydrogen-bond acceptors (Lipinski definition) is 4. The number of amides is 2. The van der Waals surface area contributed by atoms with E-state index in [1.807, 2.05) is 51.1 Å². The second-order valence-corrected chi connectivity index (χ2v) is 14.7. The van der Waals surface area contributed by atoms with E-state index in [9.17, 15) is 18.0 Å². The minimum atomic E-state index is -4.20. The maximum absolute atomic E-state index is 14.6. The number of hydrogen-bond donors (Lipinski definition) is 1. The fourth-order valence-electron chi connectivity index (χ4n) is 4.80. The summed E-state index contributed by atoms with van der Waals surface area (Å²) in [5, 5.41) is 3.77. The molecule has 242 valence electrons. The molecule has 0 aliphatic rings. The molecule has 2 amide bonds. The van der Waals surface area contributed by atoms with E-state index in [4.69, 9.17) is 23.2 Å². The number of nitrogens with zero attached hydrogens (tertiary/aromatic N) is 2. The van der Waals surface area contributed by atoms with Crippen LogP contribution in [0.5, 0.6) is 0 Å². The molecule has 4 rings (SSSR count). The Hall–Kier alpha value is -3.37. The van der Waals surface area contributed by atoms with Crippen LogP contribution in [-0.4, -0.2) is 43.8 Å². The molecule has 0 spiro atoms. The Bertz CT molecular complexity index is 1760. The first kappa shape index (κ1) is 35.5. The van der Waals surface area contributed by atoms with E-state index in [1.165, 1.54) is 17.0 Å². The molecule has 4 aromatic carbocycles. The van der Waals surface area contributed by atoms with Crippen molar-refractivity contribution in [3.05, 3.63) is 128 Å². The van der Waals surface area contributed by atoms with E-state index in [-0.39, 0.29) is 29.8 Å². The van der Waals surface area contributed by atoms with Crippen LogP contribution in [0.2, 0.25) is 10.0 Å². The van der Waals surface area contributed by atoms with Gasteiger partial charge in [0.25, 0.3) is 10.0 Å². The van der Waals surface area contributed by atoms with Crippen molar-refractivity contribution in [1.82, 2.24) is 10.2 Å². The molecule has 1 N–H and O–H groups in total. The highest BCUT2D eigenvalue weighted by atomic mass is 79.9. The Morgan fingerprint density at radius 1 is 0.913 bits per heavy atom. The van der Waals surface area contributed by atoms with Crippen LogP contribution in [0, 0.1) is 6.92 Å². The van der Waals surface area contributed by atoms with E-state index >= 15 is 0 Å². The van der Waals surface area contributed by atoms with Gasteiger partial charge in [-0.25, -0.2) is 8.42 Å². The van der Waals surface area contributed by atoms with E-state index < -0.39 is 28.5 Å². The number of aryl methyl sites for hydroxylation is 1. The van der Waals surface area contributed by atoms with Crippen molar-refractivity contribution in [2.24, 2.45) is 0 Å². The summed E-state index contributed by atoms with van der Waals surface area (Å²) >= 11 is 16.2. The van der Waals surface area contributed by atoms with Crippen molar-refractivity contribution in [3.63, 3.8) is 0 Å². The van der Waals surface area contributed by atoms with Crippen LogP contribution < -0.4 is 9.62 Å². The van der Waals surface area contributed by atoms with Crippen LogP contribution in [0.3, 0.4) is 0 Å². The lowest BCUT2D eigenvalue weighted by molar-refractivity contribution is -0.140. The smallest absolute Gasteiger partial charge is 0.264 e. The van der Waals surface area contributed by atoms with Gasteiger partial charge in [0.15, 0.2) is 0 Å². The van der Waals surface area contributed by atoms with E-state index in [1.54, 1.807) is 54.6 Å². The van der Waals surface area contributed by atoms with Gasteiger partial charge in [0.05, 0.1) is 10.6 Å². The Labute approximate surface area is 289 Å². The van der Waals surface area contributed by atoms with Gasteiger partial charge in [-0.15, -0.1) is 0 Å². The van der Waals surface area contributed by atoms with Crippen LogP contribution in [-0.2, 0) is 32.6 Å². The van der Waals surface area contributed by atoms with Crippen molar-refractivity contribution in [1.29, 1.82) is 0 Å². The molecule has 0 unspecified atom stereocenters. The first-order valence-corrected chi connectivity index (χ1v) is 17.8. The van der Waals surface area contributed by atoms with Crippen molar-refractivity contribution >= 4 is 66.7 Å². The topological polar surface area (TPSA) is 86.8 Å².